The minimum absolute atomic E-state index is 0.168. The van der Waals surface area contributed by atoms with Gasteiger partial charge in [0.05, 0.1) is 0 Å². The molecule has 0 aromatic carbocycles. The second-order valence-corrected chi connectivity index (χ2v) is 5.33. The molecule has 0 heterocycles. The van der Waals surface area contributed by atoms with Crippen molar-refractivity contribution in [3.8, 4) is 0 Å². The van der Waals surface area contributed by atoms with Gasteiger partial charge in [-0.05, 0) is 12.3 Å². The predicted octanol–water partition coefficient (Wildman–Crippen LogP) is 2.40. The Bertz CT molecular complexity index is 249. The molecule has 3 nitrogen and oxygen atoms in total. The number of thiol groups is 1. The lowest BCUT2D eigenvalue weighted by Gasteiger charge is -2.13. The quantitative estimate of drug-likeness (QED) is 0.617. The van der Waals surface area contributed by atoms with Crippen molar-refractivity contribution in [1.82, 2.24) is 5.32 Å². The van der Waals surface area contributed by atoms with Gasteiger partial charge < -0.3 is 5.32 Å². The normalized spacial score (nSPS) is 31.2. The summed E-state index contributed by atoms with van der Waals surface area (Å²) < 4.78 is 0. The van der Waals surface area contributed by atoms with Gasteiger partial charge in [0.1, 0.15) is 5.54 Å². The standard InChI is InChI=1S/C7H10INO2S2/c1-2-4-3-7(4,5(10)12)9-6(11)13-8/h4H,2-3H2,1H3,(H,9,11)(H,10,12). The summed E-state index contributed by atoms with van der Waals surface area (Å²) in [6.07, 6.45) is 1.63. The van der Waals surface area contributed by atoms with Crippen LogP contribution >= 0.6 is 42.8 Å². The van der Waals surface area contributed by atoms with E-state index >= 15 is 0 Å². The first-order valence-electron chi connectivity index (χ1n) is 3.91. The van der Waals surface area contributed by atoms with Gasteiger partial charge in [-0.2, -0.15) is 0 Å². The third-order valence-electron chi connectivity index (χ3n) is 2.37. The Kier molecular flexibility index (Phi) is 3.94. The molecule has 1 amide bonds. The van der Waals surface area contributed by atoms with Crippen LogP contribution in [0.5, 0.6) is 0 Å². The van der Waals surface area contributed by atoms with Crippen molar-refractivity contribution in [2.45, 2.75) is 25.3 Å². The molecule has 2 unspecified atom stereocenters. The molecule has 1 aliphatic rings. The third kappa shape index (κ3) is 2.33. The zero-order valence-corrected chi connectivity index (χ0v) is 10.9. The predicted molar refractivity (Wildman–Crippen MR) is 65.3 cm³/mol. The summed E-state index contributed by atoms with van der Waals surface area (Å²) in [4.78, 5) is 22.3. The Balaban J connectivity index is 2.62. The fourth-order valence-electron chi connectivity index (χ4n) is 1.49. The molecular formula is C7H10INO2S2. The number of hydrogen-bond donors (Lipinski definition) is 2. The molecule has 0 aromatic heterocycles. The summed E-state index contributed by atoms with van der Waals surface area (Å²) >= 11 is 5.69. The fourth-order valence-corrected chi connectivity index (χ4v) is 2.37. The highest BCUT2D eigenvalue weighted by Crippen LogP contribution is 2.47. The zero-order chi connectivity index (χ0) is 10.1. The smallest absolute Gasteiger partial charge is 0.290 e. The van der Waals surface area contributed by atoms with E-state index in [1.807, 2.05) is 28.1 Å². The third-order valence-corrected chi connectivity index (χ3v) is 4.22. The van der Waals surface area contributed by atoms with E-state index in [9.17, 15) is 9.59 Å². The highest BCUT2D eigenvalue weighted by molar-refractivity contribution is 14.2. The average molecular weight is 331 g/mol. The Labute approximate surface area is 98.8 Å². The van der Waals surface area contributed by atoms with E-state index in [4.69, 9.17) is 0 Å². The monoisotopic (exact) mass is 331 g/mol. The molecule has 1 aliphatic carbocycles. The maximum Gasteiger partial charge on any atom is 0.290 e. The molecule has 0 spiro atoms. The molecule has 1 saturated carbocycles. The molecule has 0 aromatic rings. The Morgan fingerprint density at radius 2 is 2.38 bits per heavy atom. The lowest BCUT2D eigenvalue weighted by Crippen LogP contribution is -2.40. The van der Waals surface area contributed by atoms with E-state index in [-0.39, 0.29) is 16.3 Å². The highest BCUT2D eigenvalue weighted by atomic mass is 127. The second-order valence-electron chi connectivity index (χ2n) is 3.08. The molecule has 1 N–H and O–H groups in total. The summed E-state index contributed by atoms with van der Waals surface area (Å²) in [6, 6.07) is 0. The van der Waals surface area contributed by atoms with Crippen molar-refractivity contribution in [2.24, 2.45) is 5.92 Å². The second kappa shape index (κ2) is 4.39. The number of halogens is 1. The molecule has 0 radical (unpaired) electrons. The molecule has 13 heavy (non-hydrogen) atoms. The van der Waals surface area contributed by atoms with Gasteiger partial charge in [0.2, 0.25) is 5.12 Å². The van der Waals surface area contributed by atoms with Crippen LogP contribution in [-0.4, -0.2) is 15.9 Å². The fraction of sp³-hybridized carbons (Fsp3) is 0.714. The minimum Gasteiger partial charge on any atom is -0.333 e. The van der Waals surface area contributed by atoms with Crippen molar-refractivity contribution < 1.29 is 9.59 Å². The SMILES string of the molecule is CCC1CC1(NC(=O)SI)C(=O)S. The van der Waals surface area contributed by atoms with Gasteiger partial charge in [-0.15, -0.1) is 12.6 Å². The highest BCUT2D eigenvalue weighted by Gasteiger charge is 2.58. The van der Waals surface area contributed by atoms with E-state index in [1.165, 1.54) is 0 Å². The molecule has 1 rings (SSSR count). The molecular weight excluding hydrogens is 321 g/mol. The summed E-state index contributed by atoms with van der Waals surface area (Å²) in [5.74, 6) is 0.269. The van der Waals surface area contributed by atoms with E-state index < -0.39 is 5.54 Å². The Morgan fingerprint density at radius 1 is 1.77 bits per heavy atom. The summed E-state index contributed by atoms with van der Waals surface area (Å²) in [5, 5.41) is 2.32. The number of rotatable bonds is 3. The Hall–Kier alpha value is 0.570. The van der Waals surface area contributed by atoms with Gasteiger partial charge in [-0.1, -0.05) is 13.3 Å². The van der Waals surface area contributed by atoms with Crippen molar-refractivity contribution in [3.63, 3.8) is 0 Å². The molecule has 74 valence electrons. The zero-order valence-electron chi connectivity index (χ0n) is 7.04. The van der Waals surface area contributed by atoms with E-state index in [0.717, 1.165) is 21.8 Å². The van der Waals surface area contributed by atoms with E-state index in [2.05, 4.69) is 17.9 Å². The van der Waals surface area contributed by atoms with Gasteiger partial charge >= 0.3 is 0 Å². The van der Waals surface area contributed by atoms with Crippen LogP contribution in [-0.2, 0) is 4.79 Å². The maximum atomic E-state index is 11.2. The number of hydrogen-bond acceptors (Lipinski definition) is 3. The molecule has 2 atom stereocenters. The molecule has 0 aliphatic heterocycles. The molecule has 0 saturated heterocycles. The van der Waals surface area contributed by atoms with E-state index in [0.29, 0.717) is 0 Å². The van der Waals surface area contributed by atoms with Crippen LogP contribution < -0.4 is 5.32 Å². The lowest BCUT2D eigenvalue weighted by atomic mass is 10.2. The lowest BCUT2D eigenvalue weighted by molar-refractivity contribution is -0.113. The van der Waals surface area contributed by atoms with Crippen molar-refractivity contribution in [3.05, 3.63) is 0 Å². The van der Waals surface area contributed by atoms with Crippen LogP contribution in [0.3, 0.4) is 0 Å². The average Bonchev–Trinajstić information content (AvgIpc) is 2.80. The summed E-state index contributed by atoms with van der Waals surface area (Å²) in [7, 11) is 1.06. The first-order valence-corrected chi connectivity index (χ1v) is 7.71. The summed E-state index contributed by atoms with van der Waals surface area (Å²) in [6.45, 7) is 2.01. The summed E-state index contributed by atoms with van der Waals surface area (Å²) in [5.41, 5.74) is -0.660. The van der Waals surface area contributed by atoms with Crippen LogP contribution in [0.15, 0.2) is 0 Å². The van der Waals surface area contributed by atoms with Crippen LogP contribution in [0.2, 0.25) is 0 Å². The van der Waals surface area contributed by atoms with Gasteiger partial charge in [0.25, 0.3) is 5.24 Å². The number of carbonyl (C=O) groups excluding carboxylic acids is 2. The Morgan fingerprint density at radius 3 is 2.69 bits per heavy atom. The number of amides is 1. The minimum atomic E-state index is -0.660. The van der Waals surface area contributed by atoms with Crippen LogP contribution in [0.4, 0.5) is 4.79 Å². The molecule has 1 fully saturated rings. The van der Waals surface area contributed by atoms with Crippen molar-refractivity contribution in [2.75, 3.05) is 0 Å². The maximum absolute atomic E-state index is 11.2. The van der Waals surface area contributed by atoms with Gasteiger partial charge in [0, 0.05) is 30.1 Å². The number of nitrogens with one attached hydrogen (secondary N) is 1. The van der Waals surface area contributed by atoms with E-state index in [1.54, 1.807) is 0 Å². The molecule has 6 heteroatoms. The first kappa shape index (κ1) is 11.6. The van der Waals surface area contributed by atoms with Crippen molar-refractivity contribution in [1.29, 1.82) is 0 Å². The largest absolute Gasteiger partial charge is 0.333 e. The van der Waals surface area contributed by atoms with Gasteiger partial charge in [-0.3, -0.25) is 9.59 Å². The van der Waals surface area contributed by atoms with Crippen LogP contribution in [0.25, 0.3) is 0 Å². The topological polar surface area (TPSA) is 46.2 Å². The van der Waals surface area contributed by atoms with Gasteiger partial charge in [0.15, 0.2) is 0 Å². The van der Waals surface area contributed by atoms with Crippen LogP contribution in [0, 0.1) is 5.92 Å². The number of carbonyl (C=O) groups is 2. The van der Waals surface area contributed by atoms with Crippen molar-refractivity contribution >= 4 is 53.1 Å². The van der Waals surface area contributed by atoms with Gasteiger partial charge in [-0.25, -0.2) is 0 Å². The molecule has 0 bridgehead atoms. The first-order chi connectivity index (χ1) is 6.06. The van der Waals surface area contributed by atoms with Crippen LogP contribution in [0.1, 0.15) is 19.8 Å².